The lowest BCUT2D eigenvalue weighted by Gasteiger charge is -2.22. The number of carbonyl (C=O) groups excluding carboxylic acids is 2. The molecule has 130 valence electrons. The van der Waals surface area contributed by atoms with Crippen LogP contribution in [0.25, 0.3) is 0 Å². The van der Waals surface area contributed by atoms with E-state index in [1.807, 2.05) is 0 Å². The van der Waals surface area contributed by atoms with Gasteiger partial charge in [0.05, 0.1) is 6.10 Å². The summed E-state index contributed by atoms with van der Waals surface area (Å²) in [5, 5.41) is 5.89. The zero-order chi connectivity index (χ0) is 16.8. The number of nitrogens with zero attached hydrogens (tertiary/aromatic N) is 1. The van der Waals surface area contributed by atoms with Gasteiger partial charge < -0.3 is 15.4 Å². The maximum absolute atomic E-state index is 12.4. The Morgan fingerprint density at radius 3 is 2.71 bits per heavy atom. The quantitative estimate of drug-likeness (QED) is 0.865. The van der Waals surface area contributed by atoms with E-state index in [0.717, 1.165) is 45.1 Å². The standard InChI is InChI=1S/C18H25N3O3/c22-17(21-14-5-2-1-3-6-14)13-8-9-19-16(11-13)18(23)20-12-15-7-4-10-24-15/h8-9,11,14-15H,1-7,10,12H2,(H,20,23)(H,21,22). The Morgan fingerprint density at radius 1 is 1.12 bits per heavy atom. The summed E-state index contributed by atoms with van der Waals surface area (Å²) in [6, 6.07) is 3.45. The van der Waals surface area contributed by atoms with Gasteiger partial charge in [-0.1, -0.05) is 19.3 Å². The molecule has 6 heteroatoms. The molecule has 2 heterocycles. The molecular weight excluding hydrogens is 306 g/mol. The van der Waals surface area contributed by atoms with Gasteiger partial charge in [-0.05, 0) is 37.8 Å². The molecule has 0 spiro atoms. The molecule has 0 bridgehead atoms. The third kappa shape index (κ3) is 4.54. The number of hydrogen-bond donors (Lipinski definition) is 2. The maximum Gasteiger partial charge on any atom is 0.269 e. The SMILES string of the molecule is O=C(NC1CCCCC1)c1ccnc(C(=O)NCC2CCCO2)c1. The minimum atomic E-state index is -0.266. The van der Waals surface area contributed by atoms with Crippen LogP contribution in [-0.4, -0.2) is 42.1 Å². The van der Waals surface area contributed by atoms with Crippen molar-refractivity contribution in [3.8, 4) is 0 Å². The van der Waals surface area contributed by atoms with Gasteiger partial charge in [0.25, 0.3) is 11.8 Å². The smallest absolute Gasteiger partial charge is 0.269 e. The Morgan fingerprint density at radius 2 is 1.96 bits per heavy atom. The Hall–Kier alpha value is -1.95. The summed E-state index contributed by atoms with van der Waals surface area (Å²) in [5.41, 5.74) is 0.752. The molecule has 1 saturated carbocycles. The van der Waals surface area contributed by atoms with Crippen molar-refractivity contribution in [2.24, 2.45) is 0 Å². The molecule has 0 aromatic carbocycles. The molecule has 2 aliphatic rings. The largest absolute Gasteiger partial charge is 0.376 e. The van der Waals surface area contributed by atoms with Crippen molar-refractivity contribution < 1.29 is 14.3 Å². The fourth-order valence-corrected chi connectivity index (χ4v) is 3.31. The van der Waals surface area contributed by atoms with Gasteiger partial charge in [-0.2, -0.15) is 0 Å². The number of carbonyl (C=O) groups is 2. The van der Waals surface area contributed by atoms with Crippen molar-refractivity contribution in [2.75, 3.05) is 13.2 Å². The van der Waals surface area contributed by atoms with Crippen LogP contribution in [0.15, 0.2) is 18.3 Å². The van der Waals surface area contributed by atoms with Crippen LogP contribution in [-0.2, 0) is 4.74 Å². The molecular formula is C18H25N3O3. The van der Waals surface area contributed by atoms with Crippen LogP contribution >= 0.6 is 0 Å². The van der Waals surface area contributed by atoms with Gasteiger partial charge in [0, 0.05) is 31.0 Å². The second-order valence-corrected chi connectivity index (χ2v) is 6.58. The average molecular weight is 331 g/mol. The number of hydrogen-bond acceptors (Lipinski definition) is 4. The van der Waals surface area contributed by atoms with Crippen molar-refractivity contribution in [3.63, 3.8) is 0 Å². The van der Waals surface area contributed by atoms with Crippen LogP contribution in [0.2, 0.25) is 0 Å². The fourth-order valence-electron chi connectivity index (χ4n) is 3.31. The molecule has 1 saturated heterocycles. The van der Waals surface area contributed by atoms with Crippen molar-refractivity contribution in [1.29, 1.82) is 0 Å². The van der Waals surface area contributed by atoms with E-state index in [-0.39, 0.29) is 29.7 Å². The van der Waals surface area contributed by atoms with Gasteiger partial charge >= 0.3 is 0 Å². The number of pyridine rings is 1. The minimum Gasteiger partial charge on any atom is -0.376 e. The summed E-state index contributed by atoms with van der Waals surface area (Å²) >= 11 is 0. The summed E-state index contributed by atoms with van der Waals surface area (Å²) < 4.78 is 5.49. The number of amides is 2. The fraction of sp³-hybridized carbons (Fsp3) is 0.611. The Balaban J connectivity index is 1.55. The summed E-state index contributed by atoms with van der Waals surface area (Å²) in [4.78, 5) is 28.7. The Kier molecular flexibility index (Phi) is 5.80. The molecule has 24 heavy (non-hydrogen) atoms. The molecule has 2 N–H and O–H groups in total. The van der Waals surface area contributed by atoms with Crippen molar-refractivity contribution in [1.82, 2.24) is 15.6 Å². The first-order valence-corrected chi connectivity index (χ1v) is 8.89. The molecule has 6 nitrogen and oxygen atoms in total. The van der Waals surface area contributed by atoms with E-state index in [0.29, 0.717) is 12.1 Å². The van der Waals surface area contributed by atoms with Crippen LogP contribution in [0.4, 0.5) is 0 Å². The highest BCUT2D eigenvalue weighted by Gasteiger charge is 2.19. The van der Waals surface area contributed by atoms with Gasteiger partial charge in [-0.25, -0.2) is 0 Å². The predicted molar refractivity (Wildman–Crippen MR) is 89.9 cm³/mol. The Labute approximate surface area is 142 Å². The number of rotatable bonds is 5. The lowest BCUT2D eigenvalue weighted by Crippen LogP contribution is -2.36. The van der Waals surface area contributed by atoms with Crippen molar-refractivity contribution in [3.05, 3.63) is 29.6 Å². The summed E-state index contributed by atoms with van der Waals surface area (Å²) in [7, 11) is 0. The summed E-state index contributed by atoms with van der Waals surface area (Å²) in [6.07, 6.45) is 9.25. The molecule has 0 radical (unpaired) electrons. The van der Waals surface area contributed by atoms with Crippen molar-refractivity contribution in [2.45, 2.75) is 57.1 Å². The third-order valence-electron chi connectivity index (χ3n) is 4.71. The first-order valence-electron chi connectivity index (χ1n) is 8.89. The summed E-state index contributed by atoms with van der Waals surface area (Å²) in [6.45, 7) is 1.24. The minimum absolute atomic E-state index is 0.0896. The van der Waals surface area contributed by atoms with Crippen LogP contribution in [0.5, 0.6) is 0 Å². The van der Waals surface area contributed by atoms with Gasteiger partial charge in [-0.15, -0.1) is 0 Å². The van der Waals surface area contributed by atoms with E-state index in [4.69, 9.17) is 4.74 Å². The molecule has 1 atom stereocenters. The maximum atomic E-state index is 12.4. The highest BCUT2D eigenvalue weighted by atomic mass is 16.5. The van der Waals surface area contributed by atoms with Gasteiger partial charge in [0.15, 0.2) is 0 Å². The second-order valence-electron chi connectivity index (χ2n) is 6.58. The average Bonchev–Trinajstić information content (AvgIpc) is 3.14. The highest BCUT2D eigenvalue weighted by Crippen LogP contribution is 2.18. The van der Waals surface area contributed by atoms with Gasteiger partial charge in [-0.3, -0.25) is 14.6 Å². The van der Waals surface area contributed by atoms with E-state index in [2.05, 4.69) is 15.6 Å². The van der Waals surface area contributed by atoms with E-state index in [9.17, 15) is 9.59 Å². The number of ether oxygens (including phenoxy) is 1. The molecule has 3 rings (SSSR count). The van der Waals surface area contributed by atoms with E-state index in [1.54, 1.807) is 12.1 Å². The molecule has 1 aliphatic heterocycles. The van der Waals surface area contributed by atoms with E-state index in [1.165, 1.54) is 12.6 Å². The predicted octanol–water partition coefficient (Wildman–Crippen LogP) is 2.05. The monoisotopic (exact) mass is 331 g/mol. The molecule has 1 unspecified atom stereocenters. The number of nitrogens with one attached hydrogen (secondary N) is 2. The first-order chi connectivity index (χ1) is 11.7. The molecule has 1 aromatic heterocycles. The second kappa shape index (κ2) is 8.24. The highest BCUT2D eigenvalue weighted by molar-refractivity contribution is 5.98. The van der Waals surface area contributed by atoms with Crippen LogP contribution in [0, 0.1) is 0 Å². The lowest BCUT2D eigenvalue weighted by molar-refractivity contribution is 0.0853. The topological polar surface area (TPSA) is 80.3 Å². The lowest BCUT2D eigenvalue weighted by atomic mass is 9.95. The number of aromatic nitrogens is 1. The Bertz CT molecular complexity index is 579. The molecule has 2 amide bonds. The van der Waals surface area contributed by atoms with Gasteiger partial charge in [0.1, 0.15) is 5.69 Å². The molecule has 1 aromatic rings. The van der Waals surface area contributed by atoms with Crippen LogP contribution < -0.4 is 10.6 Å². The van der Waals surface area contributed by atoms with E-state index >= 15 is 0 Å². The first kappa shape index (κ1) is 16.9. The zero-order valence-electron chi connectivity index (χ0n) is 13.9. The summed E-state index contributed by atoms with van der Waals surface area (Å²) in [5.74, 6) is -0.393. The molecule has 1 aliphatic carbocycles. The van der Waals surface area contributed by atoms with Crippen LogP contribution in [0.1, 0.15) is 65.8 Å². The third-order valence-corrected chi connectivity index (χ3v) is 4.71. The van der Waals surface area contributed by atoms with Crippen LogP contribution in [0.3, 0.4) is 0 Å². The van der Waals surface area contributed by atoms with Crippen molar-refractivity contribution >= 4 is 11.8 Å². The molecule has 2 fully saturated rings. The normalized spacial score (nSPS) is 21.4. The van der Waals surface area contributed by atoms with E-state index < -0.39 is 0 Å². The zero-order valence-corrected chi connectivity index (χ0v) is 13.9. The van der Waals surface area contributed by atoms with Gasteiger partial charge in [0.2, 0.25) is 0 Å².